The van der Waals surface area contributed by atoms with Crippen molar-refractivity contribution in [1.82, 2.24) is 10.2 Å². The Hall–Kier alpha value is -2.57. The lowest BCUT2D eigenvalue weighted by Gasteiger charge is -2.32. The average molecular weight is 582 g/mol. The van der Waals surface area contributed by atoms with Crippen LogP contribution in [-0.4, -0.2) is 35.1 Å². The molecule has 0 bridgehead atoms. The summed E-state index contributed by atoms with van der Waals surface area (Å²) in [5, 5.41) is 3.08. The fourth-order valence-corrected chi connectivity index (χ4v) is 5.59. The van der Waals surface area contributed by atoms with Gasteiger partial charge in [0.05, 0.1) is 5.75 Å². The number of benzene rings is 3. The van der Waals surface area contributed by atoms with E-state index >= 15 is 0 Å². The van der Waals surface area contributed by atoms with Crippen molar-refractivity contribution in [2.45, 2.75) is 52.5 Å². The van der Waals surface area contributed by atoms with Gasteiger partial charge in [0, 0.05) is 29.7 Å². The molecule has 0 saturated carbocycles. The molecule has 196 valence electrons. The summed E-state index contributed by atoms with van der Waals surface area (Å²) in [5.74, 6) is 1.24. The maximum atomic E-state index is 13.7. The van der Waals surface area contributed by atoms with Crippen LogP contribution in [0.15, 0.2) is 77.3 Å². The largest absolute Gasteiger partial charge is 0.354 e. The normalized spacial score (nSPS) is 11.8. The van der Waals surface area contributed by atoms with Crippen LogP contribution in [0.4, 0.5) is 0 Å². The number of hydrogen-bond donors (Lipinski definition) is 1. The number of aryl methyl sites for hydroxylation is 2. The molecule has 3 aromatic carbocycles. The van der Waals surface area contributed by atoms with E-state index in [1.807, 2.05) is 54.6 Å². The van der Waals surface area contributed by atoms with Gasteiger partial charge < -0.3 is 10.2 Å². The quantitative estimate of drug-likeness (QED) is 0.259. The van der Waals surface area contributed by atoms with Crippen LogP contribution in [0.25, 0.3) is 0 Å². The van der Waals surface area contributed by atoms with Crippen LogP contribution in [0.3, 0.4) is 0 Å². The van der Waals surface area contributed by atoms with Gasteiger partial charge in [0.25, 0.3) is 0 Å². The van der Waals surface area contributed by atoms with Crippen LogP contribution in [0.2, 0.25) is 0 Å². The van der Waals surface area contributed by atoms with E-state index in [1.54, 1.807) is 16.7 Å². The number of nitrogens with one attached hydrogen (secondary N) is 1. The van der Waals surface area contributed by atoms with Crippen molar-refractivity contribution in [3.05, 3.63) is 105 Å². The molecular weight excluding hydrogens is 544 g/mol. The Morgan fingerprint density at radius 3 is 2.22 bits per heavy atom. The minimum absolute atomic E-state index is 0.0324. The molecule has 0 spiro atoms. The van der Waals surface area contributed by atoms with Gasteiger partial charge in [-0.3, -0.25) is 9.59 Å². The number of carbonyl (C=O) groups is 2. The van der Waals surface area contributed by atoms with E-state index in [2.05, 4.69) is 67.1 Å². The number of halogens is 1. The maximum Gasteiger partial charge on any atom is 0.243 e. The molecule has 0 heterocycles. The van der Waals surface area contributed by atoms with Gasteiger partial charge in [0.15, 0.2) is 0 Å². The number of thioether (sulfide) groups is 1. The Morgan fingerprint density at radius 1 is 0.892 bits per heavy atom. The van der Waals surface area contributed by atoms with Crippen molar-refractivity contribution in [3.8, 4) is 0 Å². The van der Waals surface area contributed by atoms with Crippen LogP contribution in [0.5, 0.6) is 0 Å². The fraction of sp³-hybridized carbons (Fsp3) is 0.355. The summed E-state index contributed by atoms with van der Waals surface area (Å²) in [6.45, 7) is 9.27. The number of rotatable bonds is 12. The van der Waals surface area contributed by atoms with Gasteiger partial charge in [-0.15, -0.1) is 11.8 Å². The van der Waals surface area contributed by atoms with E-state index in [-0.39, 0.29) is 11.8 Å². The molecule has 0 saturated heterocycles. The summed E-state index contributed by atoms with van der Waals surface area (Å²) in [4.78, 5) is 29.0. The van der Waals surface area contributed by atoms with E-state index in [9.17, 15) is 9.59 Å². The van der Waals surface area contributed by atoms with Crippen molar-refractivity contribution < 1.29 is 9.59 Å². The predicted molar refractivity (Wildman–Crippen MR) is 159 cm³/mol. The minimum Gasteiger partial charge on any atom is -0.354 e. The molecule has 0 radical (unpaired) electrons. The second-order valence-corrected chi connectivity index (χ2v) is 11.9. The van der Waals surface area contributed by atoms with E-state index in [1.165, 1.54) is 16.7 Å². The molecule has 0 aliphatic heterocycles. The highest BCUT2D eigenvalue weighted by Crippen LogP contribution is 2.21. The topological polar surface area (TPSA) is 49.4 Å². The number of nitrogens with zero attached hydrogens (tertiary/aromatic N) is 1. The monoisotopic (exact) mass is 580 g/mol. The Morgan fingerprint density at radius 2 is 1.57 bits per heavy atom. The highest BCUT2D eigenvalue weighted by Gasteiger charge is 2.30. The van der Waals surface area contributed by atoms with Gasteiger partial charge >= 0.3 is 0 Å². The first-order valence-electron chi connectivity index (χ1n) is 12.7. The highest BCUT2D eigenvalue weighted by molar-refractivity contribution is 9.10. The van der Waals surface area contributed by atoms with Crippen LogP contribution in [0.1, 0.15) is 41.7 Å². The van der Waals surface area contributed by atoms with Crippen molar-refractivity contribution >= 4 is 39.5 Å². The fourth-order valence-electron chi connectivity index (χ4n) is 4.30. The van der Waals surface area contributed by atoms with Crippen LogP contribution >= 0.6 is 27.7 Å². The molecule has 1 unspecified atom stereocenters. The third-order valence-corrected chi connectivity index (χ3v) is 7.46. The lowest BCUT2D eigenvalue weighted by atomic mass is 10.0. The lowest BCUT2D eigenvalue weighted by molar-refractivity contribution is -0.139. The Kier molecular flexibility index (Phi) is 11.3. The molecule has 1 atom stereocenters. The van der Waals surface area contributed by atoms with Crippen molar-refractivity contribution in [2.75, 3.05) is 12.3 Å². The molecule has 3 rings (SSSR count). The summed E-state index contributed by atoms with van der Waals surface area (Å²) < 4.78 is 0.949. The van der Waals surface area contributed by atoms with Crippen molar-refractivity contribution in [2.24, 2.45) is 5.92 Å². The van der Waals surface area contributed by atoms with E-state index in [0.717, 1.165) is 21.4 Å². The average Bonchev–Trinajstić information content (AvgIpc) is 2.84. The van der Waals surface area contributed by atoms with Gasteiger partial charge in [-0.05, 0) is 48.6 Å². The van der Waals surface area contributed by atoms with Gasteiger partial charge in [0.2, 0.25) is 11.8 Å². The maximum absolute atomic E-state index is 13.7. The lowest BCUT2D eigenvalue weighted by Crippen LogP contribution is -2.51. The molecular formula is C31H37BrN2O2S. The minimum atomic E-state index is -0.602. The third kappa shape index (κ3) is 9.67. The second-order valence-electron chi connectivity index (χ2n) is 9.98. The van der Waals surface area contributed by atoms with Gasteiger partial charge in [-0.1, -0.05) is 102 Å². The van der Waals surface area contributed by atoms with E-state index in [0.29, 0.717) is 31.2 Å². The summed E-state index contributed by atoms with van der Waals surface area (Å²) in [6.07, 6.45) is 0.465. The second kappa shape index (κ2) is 14.4. The van der Waals surface area contributed by atoms with Crippen LogP contribution in [-0.2, 0) is 28.3 Å². The van der Waals surface area contributed by atoms with Crippen molar-refractivity contribution in [3.63, 3.8) is 0 Å². The molecule has 4 nitrogen and oxygen atoms in total. The molecule has 37 heavy (non-hydrogen) atoms. The number of carbonyl (C=O) groups excluding carboxylic acids is 2. The van der Waals surface area contributed by atoms with Crippen LogP contribution < -0.4 is 5.32 Å². The third-order valence-electron chi connectivity index (χ3n) is 5.97. The van der Waals surface area contributed by atoms with Gasteiger partial charge in [-0.2, -0.15) is 0 Å². The zero-order valence-corrected chi connectivity index (χ0v) is 24.6. The Bertz CT molecular complexity index is 1160. The predicted octanol–water partition coefficient (Wildman–Crippen LogP) is 6.71. The molecule has 1 N–H and O–H groups in total. The number of hydrogen-bond acceptors (Lipinski definition) is 3. The smallest absolute Gasteiger partial charge is 0.243 e. The molecule has 0 aliphatic carbocycles. The number of amides is 2. The molecule has 6 heteroatoms. The first kappa shape index (κ1) is 29.0. The standard InChI is InChI=1S/C31H37BrN2O2S/c1-22(2)18-33-31(36)29(17-25-9-6-5-7-10-25)34(19-26-11-8-12-28(32)16-26)30(35)21-37-20-27-14-23(3)13-24(4)15-27/h5-16,22,29H,17-21H2,1-4H3,(H,33,36). The van der Waals surface area contributed by atoms with E-state index in [4.69, 9.17) is 0 Å². The summed E-state index contributed by atoms with van der Waals surface area (Å²) >= 11 is 5.14. The summed E-state index contributed by atoms with van der Waals surface area (Å²) in [6, 6.07) is 23.8. The summed E-state index contributed by atoms with van der Waals surface area (Å²) in [5.41, 5.74) is 5.68. The molecule has 2 amide bonds. The SMILES string of the molecule is Cc1cc(C)cc(CSCC(=O)N(Cc2cccc(Br)c2)C(Cc2ccccc2)C(=O)NCC(C)C)c1. The van der Waals surface area contributed by atoms with E-state index < -0.39 is 6.04 Å². The molecule has 3 aromatic rings. The van der Waals surface area contributed by atoms with Crippen LogP contribution in [0, 0.1) is 19.8 Å². The molecule has 0 fully saturated rings. The first-order chi connectivity index (χ1) is 17.7. The zero-order chi connectivity index (χ0) is 26.8. The Balaban J connectivity index is 1.85. The van der Waals surface area contributed by atoms with Gasteiger partial charge in [-0.25, -0.2) is 0 Å². The highest BCUT2D eigenvalue weighted by atomic mass is 79.9. The van der Waals surface area contributed by atoms with Crippen molar-refractivity contribution in [1.29, 1.82) is 0 Å². The molecule has 0 aromatic heterocycles. The summed E-state index contributed by atoms with van der Waals surface area (Å²) in [7, 11) is 0. The first-order valence-corrected chi connectivity index (χ1v) is 14.7. The van der Waals surface area contributed by atoms with Gasteiger partial charge in [0.1, 0.15) is 6.04 Å². The molecule has 0 aliphatic rings. The zero-order valence-electron chi connectivity index (χ0n) is 22.2. The Labute approximate surface area is 234 Å².